The van der Waals surface area contributed by atoms with Crippen molar-refractivity contribution in [3.63, 3.8) is 0 Å². The SMILES string of the molecule is Cc1ccc(-c2cn3c(CC(=O)N4CCc5ccccc54)csc3n2)cc1C.Cl. The smallest absolute Gasteiger partial charge is 0.232 e. The molecule has 4 nitrogen and oxygen atoms in total. The highest BCUT2D eigenvalue weighted by Gasteiger charge is 2.25. The van der Waals surface area contributed by atoms with Crippen molar-refractivity contribution in [2.24, 2.45) is 0 Å². The molecule has 3 heterocycles. The number of benzene rings is 2. The fraction of sp³-hybridized carbons (Fsp3) is 0.217. The Morgan fingerprint density at radius 1 is 1.14 bits per heavy atom. The van der Waals surface area contributed by atoms with Crippen LogP contribution in [-0.2, 0) is 17.6 Å². The second-order valence-corrected chi connectivity index (χ2v) is 8.24. The van der Waals surface area contributed by atoms with E-state index < -0.39 is 0 Å². The van der Waals surface area contributed by atoms with Crippen LogP contribution in [0.15, 0.2) is 54.0 Å². The lowest BCUT2D eigenvalue weighted by molar-refractivity contribution is -0.117. The number of amides is 1. The third-order valence-electron chi connectivity index (χ3n) is 5.61. The number of hydrogen-bond acceptors (Lipinski definition) is 3. The van der Waals surface area contributed by atoms with E-state index >= 15 is 0 Å². The molecule has 1 amide bonds. The summed E-state index contributed by atoms with van der Waals surface area (Å²) in [7, 11) is 0. The summed E-state index contributed by atoms with van der Waals surface area (Å²) in [6.07, 6.45) is 3.37. The van der Waals surface area contributed by atoms with E-state index in [9.17, 15) is 4.79 Å². The van der Waals surface area contributed by atoms with E-state index in [0.717, 1.165) is 40.6 Å². The van der Waals surface area contributed by atoms with Gasteiger partial charge in [-0.05, 0) is 49.1 Å². The predicted molar refractivity (Wildman–Crippen MR) is 121 cm³/mol. The zero-order valence-corrected chi connectivity index (χ0v) is 18.0. The van der Waals surface area contributed by atoms with Gasteiger partial charge in [-0.25, -0.2) is 4.98 Å². The van der Waals surface area contributed by atoms with Crippen molar-refractivity contribution in [3.8, 4) is 11.3 Å². The summed E-state index contributed by atoms with van der Waals surface area (Å²) in [6, 6.07) is 14.6. The van der Waals surface area contributed by atoms with E-state index in [4.69, 9.17) is 4.98 Å². The fourth-order valence-electron chi connectivity index (χ4n) is 3.84. The van der Waals surface area contributed by atoms with Gasteiger partial charge >= 0.3 is 0 Å². The van der Waals surface area contributed by atoms with Crippen molar-refractivity contribution in [2.75, 3.05) is 11.4 Å². The number of halogens is 1. The number of fused-ring (bicyclic) bond motifs is 2. The summed E-state index contributed by atoms with van der Waals surface area (Å²) in [5.41, 5.74) is 7.92. The number of rotatable bonds is 3. The zero-order chi connectivity index (χ0) is 19.3. The van der Waals surface area contributed by atoms with Gasteiger partial charge in [-0.3, -0.25) is 9.20 Å². The highest BCUT2D eigenvalue weighted by Crippen LogP contribution is 2.29. The highest BCUT2D eigenvalue weighted by molar-refractivity contribution is 7.15. The van der Waals surface area contributed by atoms with Crippen LogP contribution in [0.5, 0.6) is 0 Å². The van der Waals surface area contributed by atoms with Crippen LogP contribution < -0.4 is 4.90 Å². The number of carbonyl (C=O) groups is 1. The Morgan fingerprint density at radius 2 is 1.97 bits per heavy atom. The monoisotopic (exact) mass is 423 g/mol. The van der Waals surface area contributed by atoms with Crippen molar-refractivity contribution in [3.05, 3.63) is 76.4 Å². The van der Waals surface area contributed by atoms with E-state index in [1.807, 2.05) is 28.5 Å². The maximum Gasteiger partial charge on any atom is 0.232 e. The Kier molecular flexibility index (Phi) is 5.19. The number of anilines is 1. The molecule has 0 saturated carbocycles. The molecule has 1 aliphatic heterocycles. The third kappa shape index (κ3) is 3.45. The number of thiazole rings is 1. The average molecular weight is 424 g/mol. The van der Waals surface area contributed by atoms with Gasteiger partial charge in [0.15, 0.2) is 4.96 Å². The zero-order valence-electron chi connectivity index (χ0n) is 16.4. The molecule has 0 aliphatic carbocycles. The number of para-hydroxylation sites is 1. The lowest BCUT2D eigenvalue weighted by atomic mass is 10.0. The highest BCUT2D eigenvalue weighted by atomic mass is 35.5. The molecule has 0 fully saturated rings. The number of aryl methyl sites for hydroxylation is 2. The first-order chi connectivity index (χ1) is 13.6. The second-order valence-electron chi connectivity index (χ2n) is 7.41. The van der Waals surface area contributed by atoms with Gasteiger partial charge in [-0.1, -0.05) is 30.3 Å². The summed E-state index contributed by atoms with van der Waals surface area (Å²) < 4.78 is 2.06. The summed E-state index contributed by atoms with van der Waals surface area (Å²) in [5, 5.41) is 2.05. The van der Waals surface area contributed by atoms with Crippen LogP contribution in [0.3, 0.4) is 0 Å². The maximum absolute atomic E-state index is 13.0. The van der Waals surface area contributed by atoms with Crippen molar-refractivity contribution >= 4 is 40.3 Å². The molecular weight excluding hydrogens is 402 g/mol. The Morgan fingerprint density at radius 3 is 2.79 bits per heavy atom. The van der Waals surface area contributed by atoms with E-state index in [0.29, 0.717) is 6.42 Å². The summed E-state index contributed by atoms with van der Waals surface area (Å²) >= 11 is 1.59. The second kappa shape index (κ2) is 7.65. The largest absolute Gasteiger partial charge is 0.311 e. The van der Waals surface area contributed by atoms with E-state index in [1.165, 1.54) is 16.7 Å². The minimum atomic E-state index is 0. The lowest BCUT2D eigenvalue weighted by Crippen LogP contribution is -2.30. The summed E-state index contributed by atoms with van der Waals surface area (Å²) in [6.45, 7) is 5.00. The molecule has 148 valence electrons. The molecule has 2 aromatic carbocycles. The minimum absolute atomic E-state index is 0. The van der Waals surface area contributed by atoms with Gasteiger partial charge in [-0.2, -0.15) is 0 Å². The molecule has 0 radical (unpaired) electrons. The topological polar surface area (TPSA) is 37.6 Å². The van der Waals surface area contributed by atoms with Crippen LogP contribution in [0.2, 0.25) is 0 Å². The minimum Gasteiger partial charge on any atom is -0.311 e. The number of imidazole rings is 1. The molecule has 6 heteroatoms. The van der Waals surface area contributed by atoms with Crippen molar-refractivity contribution in [1.29, 1.82) is 0 Å². The van der Waals surface area contributed by atoms with Gasteiger partial charge in [0, 0.05) is 35.1 Å². The molecule has 5 rings (SSSR count). The summed E-state index contributed by atoms with van der Waals surface area (Å²) in [4.78, 5) is 20.6. The summed E-state index contributed by atoms with van der Waals surface area (Å²) in [5.74, 6) is 0.145. The van der Waals surface area contributed by atoms with Gasteiger partial charge in [0.2, 0.25) is 5.91 Å². The molecule has 4 aromatic rings. The van der Waals surface area contributed by atoms with Crippen LogP contribution in [0, 0.1) is 13.8 Å². The number of aromatic nitrogens is 2. The Bertz CT molecular complexity index is 1210. The lowest BCUT2D eigenvalue weighted by Gasteiger charge is -2.17. The molecule has 0 unspecified atom stereocenters. The molecule has 29 heavy (non-hydrogen) atoms. The van der Waals surface area contributed by atoms with Crippen LogP contribution in [-0.4, -0.2) is 21.8 Å². The third-order valence-corrected chi connectivity index (χ3v) is 6.50. The van der Waals surface area contributed by atoms with Crippen LogP contribution in [0.25, 0.3) is 16.2 Å². The van der Waals surface area contributed by atoms with Crippen molar-refractivity contribution in [1.82, 2.24) is 9.38 Å². The van der Waals surface area contributed by atoms with Gasteiger partial charge < -0.3 is 4.90 Å². The average Bonchev–Trinajstić information content (AvgIpc) is 3.39. The van der Waals surface area contributed by atoms with Crippen molar-refractivity contribution in [2.45, 2.75) is 26.7 Å². The first-order valence-corrected chi connectivity index (χ1v) is 10.4. The number of nitrogens with zero attached hydrogens (tertiary/aromatic N) is 3. The van der Waals surface area contributed by atoms with E-state index in [-0.39, 0.29) is 18.3 Å². The first-order valence-electron chi connectivity index (χ1n) is 9.51. The molecular formula is C23H22ClN3OS. The molecule has 0 atom stereocenters. The van der Waals surface area contributed by atoms with Gasteiger partial charge in [0.05, 0.1) is 12.1 Å². The molecule has 0 saturated heterocycles. The standard InChI is InChI=1S/C23H21N3OS.ClH/c1-15-7-8-18(11-16(15)2)20-13-26-19(14-28-23(26)24-20)12-22(27)25-10-9-17-5-3-4-6-21(17)25;/h3-8,11,13-14H,9-10,12H2,1-2H3;1H. The van der Waals surface area contributed by atoms with E-state index in [2.05, 4.69) is 48.7 Å². The van der Waals surface area contributed by atoms with Crippen LogP contribution >= 0.6 is 23.7 Å². The molecule has 0 N–H and O–H groups in total. The molecule has 0 bridgehead atoms. The first kappa shape index (κ1) is 19.7. The molecule has 1 aliphatic rings. The fourth-order valence-corrected chi connectivity index (χ4v) is 4.72. The van der Waals surface area contributed by atoms with E-state index in [1.54, 1.807) is 11.3 Å². The Labute approximate surface area is 180 Å². The predicted octanol–water partition coefficient (Wildman–Crippen LogP) is 5.23. The number of carbonyl (C=O) groups excluding carboxylic acids is 1. The van der Waals surface area contributed by atoms with Gasteiger partial charge in [0.25, 0.3) is 0 Å². The quantitative estimate of drug-likeness (QED) is 0.452. The molecule has 0 spiro atoms. The molecule has 2 aromatic heterocycles. The normalized spacial score (nSPS) is 12.8. The van der Waals surface area contributed by atoms with Gasteiger partial charge in [-0.15, -0.1) is 23.7 Å². The van der Waals surface area contributed by atoms with Gasteiger partial charge in [0.1, 0.15) is 0 Å². The maximum atomic E-state index is 13.0. The van der Waals surface area contributed by atoms with Crippen LogP contribution in [0.4, 0.5) is 5.69 Å². The van der Waals surface area contributed by atoms with Crippen LogP contribution in [0.1, 0.15) is 22.4 Å². The Balaban J connectivity index is 0.00000205. The van der Waals surface area contributed by atoms with Crippen molar-refractivity contribution < 1.29 is 4.79 Å². The Hall–Kier alpha value is -2.63. The number of hydrogen-bond donors (Lipinski definition) is 0.